The summed E-state index contributed by atoms with van der Waals surface area (Å²) >= 11 is 0. The summed E-state index contributed by atoms with van der Waals surface area (Å²) in [4.78, 5) is 56.0. The minimum atomic E-state index is -0.743. The average molecular weight is 1030 g/mol. The van der Waals surface area contributed by atoms with Gasteiger partial charge in [0.25, 0.3) is 0 Å². The minimum Gasteiger partial charge on any atom is -0.494 e. The van der Waals surface area contributed by atoms with Crippen LogP contribution >= 0.6 is 0 Å². The van der Waals surface area contributed by atoms with Crippen molar-refractivity contribution in [3.63, 3.8) is 0 Å². The normalized spacial score (nSPS) is 21.1. The lowest BCUT2D eigenvalue weighted by molar-refractivity contribution is -0.141. The molecule has 0 bridgehead atoms. The predicted molar refractivity (Wildman–Crippen MR) is 280 cm³/mol. The van der Waals surface area contributed by atoms with E-state index in [1.807, 2.05) is 0 Å². The number of epoxide rings is 2. The van der Waals surface area contributed by atoms with Crippen molar-refractivity contribution in [2.24, 2.45) is 23.7 Å². The lowest BCUT2D eigenvalue weighted by atomic mass is 9.80. The fourth-order valence-corrected chi connectivity index (χ4v) is 9.76. The van der Waals surface area contributed by atoms with Gasteiger partial charge in [0.15, 0.2) is 23.0 Å². The zero-order valence-corrected chi connectivity index (χ0v) is 44.2. The second-order valence-electron chi connectivity index (χ2n) is 20.7. The van der Waals surface area contributed by atoms with E-state index in [1.165, 1.54) is 63.5 Å². The Balaban J connectivity index is 1.06. The van der Waals surface area contributed by atoms with Gasteiger partial charge >= 0.3 is 23.9 Å². The van der Waals surface area contributed by atoms with Gasteiger partial charge in [-0.25, -0.2) is 9.59 Å². The largest absolute Gasteiger partial charge is 0.494 e. The molecular formula is C60H82O14. The number of benzene rings is 3. The molecule has 0 N–H and O–H groups in total. The van der Waals surface area contributed by atoms with E-state index < -0.39 is 23.9 Å². The highest BCUT2D eigenvalue weighted by atomic mass is 16.6. The average Bonchev–Trinajstić information content (AvgIpc) is 4.38. The summed E-state index contributed by atoms with van der Waals surface area (Å²) in [7, 11) is 0. The first-order chi connectivity index (χ1) is 36.2. The third-order valence-corrected chi connectivity index (χ3v) is 14.6. The first kappa shape index (κ1) is 56.7. The van der Waals surface area contributed by atoms with Crippen molar-refractivity contribution in [1.82, 2.24) is 0 Å². The molecule has 14 heteroatoms. The molecule has 0 radical (unpaired) electrons. The molecule has 0 amide bonds. The Morgan fingerprint density at radius 1 is 0.446 bits per heavy atom. The summed E-state index contributed by atoms with van der Waals surface area (Å²) in [6, 6.07) is 15.8. The molecular weight excluding hydrogens is 945 g/mol. The van der Waals surface area contributed by atoms with Gasteiger partial charge in [-0.2, -0.15) is 0 Å². The van der Waals surface area contributed by atoms with Gasteiger partial charge in [0, 0.05) is 25.3 Å². The van der Waals surface area contributed by atoms with Crippen LogP contribution < -0.4 is 28.4 Å². The van der Waals surface area contributed by atoms with Gasteiger partial charge < -0.3 is 47.4 Å². The second-order valence-corrected chi connectivity index (χ2v) is 20.7. The van der Waals surface area contributed by atoms with Crippen molar-refractivity contribution in [2.75, 3.05) is 52.9 Å². The molecule has 3 aromatic rings. The van der Waals surface area contributed by atoms with Crippen LogP contribution in [0.1, 0.15) is 176 Å². The highest BCUT2D eigenvalue weighted by Gasteiger charge is 2.32. The van der Waals surface area contributed by atoms with E-state index in [0.29, 0.717) is 88.7 Å². The van der Waals surface area contributed by atoms with E-state index in [0.717, 1.165) is 77.4 Å². The summed E-state index contributed by atoms with van der Waals surface area (Å²) in [5.74, 6) is -1.46. The van der Waals surface area contributed by atoms with Gasteiger partial charge in [-0.3, -0.25) is 9.59 Å². The van der Waals surface area contributed by atoms with E-state index in [2.05, 4.69) is 13.8 Å². The van der Waals surface area contributed by atoms with Gasteiger partial charge in [-0.15, -0.1) is 0 Å². The van der Waals surface area contributed by atoms with Crippen molar-refractivity contribution in [3.05, 3.63) is 71.8 Å². The van der Waals surface area contributed by atoms with E-state index >= 15 is 0 Å². The molecule has 14 nitrogen and oxygen atoms in total. The Morgan fingerprint density at radius 2 is 0.811 bits per heavy atom. The smallest absolute Gasteiger partial charge is 0.343 e. The number of rotatable bonds is 34. The van der Waals surface area contributed by atoms with Crippen molar-refractivity contribution in [1.29, 1.82) is 0 Å². The summed E-state index contributed by atoms with van der Waals surface area (Å²) in [6.45, 7) is 9.42. The molecule has 0 aromatic heterocycles. The molecule has 2 unspecified atom stereocenters. The Morgan fingerprint density at radius 3 is 1.18 bits per heavy atom. The van der Waals surface area contributed by atoms with Crippen molar-refractivity contribution < 1.29 is 66.5 Å². The lowest BCUT2D eigenvalue weighted by Crippen LogP contribution is -2.27. The molecule has 4 fully saturated rings. The van der Waals surface area contributed by atoms with E-state index in [4.69, 9.17) is 47.4 Å². The fourth-order valence-electron chi connectivity index (χ4n) is 9.76. The van der Waals surface area contributed by atoms with Crippen LogP contribution in [0.2, 0.25) is 0 Å². The molecule has 2 aliphatic carbocycles. The second kappa shape index (κ2) is 31.1. The summed E-state index contributed by atoms with van der Waals surface area (Å²) in [5.41, 5.74) is 0.424. The van der Waals surface area contributed by atoms with Crippen LogP contribution in [0.25, 0.3) is 0 Å². The van der Waals surface area contributed by atoms with Crippen LogP contribution in [0, 0.1) is 23.7 Å². The summed E-state index contributed by atoms with van der Waals surface area (Å²) < 4.78 is 57.7. The number of unbranched alkanes of at least 4 members (excludes halogenated alkanes) is 8. The van der Waals surface area contributed by atoms with Crippen molar-refractivity contribution in [2.45, 2.75) is 167 Å². The molecule has 2 saturated carbocycles. The van der Waals surface area contributed by atoms with E-state index in [9.17, 15) is 19.2 Å². The number of hydrogen-bond acceptors (Lipinski definition) is 14. The standard InChI is InChI=1S/C60H82O14/c1-3-5-7-9-15-43-17-21-45(22-18-43)57(61)71-53-37-56(74-60(64)48-27-31-50(32-28-48)68-36-14-12-34-66-40-52-42-70-52)54(72-58(62)46-23-19-44(20-24-46)16-10-8-6-4-2)38-55(53)73-59(63)47-25-29-49(30-26-47)67-35-13-11-33-65-39-51-41-69-51/h25-32,37-38,43-46,51-52H,3-24,33-36,39-42H2,1-2H3. The molecule has 0 spiro atoms. The Labute approximate surface area is 439 Å². The number of hydrogen-bond donors (Lipinski definition) is 0. The van der Waals surface area contributed by atoms with Crippen LogP contribution in [0.15, 0.2) is 60.7 Å². The van der Waals surface area contributed by atoms with E-state index in [1.54, 1.807) is 48.5 Å². The molecule has 4 aliphatic rings. The number of carbonyl (C=O) groups excluding carboxylic acids is 4. The molecule has 7 rings (SSSR count). The van der Waals surface area contributed by atoms with Crippen LogP contribution in [-0.2, 0) is 28.5 Å². The van der Waals surface area contributed by atoms with Crippen LogP contribution in [-0.4, -0.2) is 88.9 Å². The van der Waals surface area contributed by atoms with E-state index in [-0.39, 0.29) is 58.2 Å². The van der Waals surface area contributed by atoms with Gasteiger partial charge in [0.2, 0.25) is 0 Å². The molecule has 74 heavy (non-hydrogen) atoms. The van der Waals surface area contributed by atoms with Gasteiger partial charge in [0.05, 0.1) is 62.6 Å². The Kier molecular flexibility index (Phi) is 23.9. The molecule has 2 aliphatic heterocycles. The monoisotopic (exact) mass is 1030 g/mol. The zero-order chi connectivity index (χ0) is 51.7. The highest BCUT2D eigenvalue weighted by molar-refractivity contribution is 5.93. The highest BCUT2D eigenvalue weighted by Crippen LogP contribution is 2.43. The first-order valence-electron chi connectivity index (χ1n) is 28.1. The molecule has 3 aromatic carbocycles. The number of ether oxygens (including phenoxy) is 10. The maximum Gasteiger partial charge on any atom is 0.343 e. The summed E-state index contributed by atoms with van der Waals surface area (Å²) in [5, 5.41) is 0. The molecule has 2 heterocycles. The van der Waals surface area contributed by atoms with Crippen molar-refractivity contribution in [3.8, 4) is 34.5 Å². The zero-order valence-electron chi connectivity index (χ0n) is 44.2. The fraction of sp³-hybridized carbons (Fsp3) is 0.633. The quantitative estimate of drug-likeness (QED) is 0.0240. The van der Waals surface area contributed by atoms with Gasteiger partial charge in [-0.1, -0.05) is 78.1 Å². The SMILES string of the molecule is CCCCCCC1CCC(C(=O)Oc2cc(OC(=O)c3ccc(OCCCCOCC4CO4)cc3)c(OC(=O)C3CCC(CCCCCC)CC3)cc2OC(=O)c2ccc(OCCCCOCC3CO3)cc2)CC1. The first-order valence-corrected chi connectivity index (χ1v) is 28.1. The van der Waals surface area contributed by atoms with Gasteiger partial charge in [0.1, 0.15) is 23.7 Å². The summed E-state index contributed by atoms with van der Waals surface area (Å²) in [6.07, 6.45) is 22.1. The Hall–Kier alpha value is -5.02. The lowest BCUT2D eigenvalue weighted by Gasteiger charge is -2.28. The number of carbonyl (C=O) groups is 4. The van der Waals surface area contributed by atoms with Crippen molar-refractivity contribution >= 4 is 23.9 Å². The maximum absolute atomic E-state index is 14.1. The molecule has 2 saturated heterocycles. The van der Waals surface area contributed by atoms with Crippen LogP contribution in [0.3, 0.4) is 0 Å². The number of esters is 4. The van der Waals surface area contributed by atoms with Crippen LogP contribution in [0.4, 0.5) is 0 Å². The third kappa shape index (κ3) is 19.9. The topological polar surface area (TPSA) is 167 Å². The molecule has 406 valence electrons. The minimum absolute atomic E-state index is 0.139. The van der Waals surface area contributed by atoms with Crippen LogP contribution in [0.5, 0.6) is 34.5 Å². The maximum atomic E-state index is 14.1. The molecule has 2 atom stereocenters. The predicted octanol–water partition coefficient (Wildman–Crippen LogP) is 12.6. The third-order valence-electron chi connectivity index (χ3n) is 14.6. The Bertz CT molecular complexity index is 2000. The van der Waals surface area contributed by atoms with Gasteiger partial charge in [-0.05, 0) is 137 Å².